The first-order valence-corrected chi connectivity index (χ1v) is 11.7. The molecule has 186 valence electrons. The topological polar surface area (TPSA) is 72.8 Å². The summed E-state index contributed by atoms with van der Waals surface area (Å²) in [6.45, 7) is 8.19. The Hall–Kier alpha value is -3.67. The van der Waals surface area contributed by atoms with Crippen LogP contribution in [0.25, 0.3) is 0 Å². The van der Waals surface area contributed by atoms with Gasteiger partial charge in [0.15, 0.2) is 5.78 Å². The summed E-state index contributed by atoms with van der Waals surface area (Å²) in [4.78, 5) is 23.5. The van der Waals surface area contributed by atoms with E-state index in [0.717, 1.165) is 23.1 Å². The van der Waals surface area contributed by atoms with E-state index >= 15 is 0 Å². The highest BCUT2D eigenvalue weighted by Crippen LogP contribution is 2.23. The molecule has 0 spiro atoms. The molecule has 1 N–H and O–H groups in total. The van der Waals surface area contributed by atoms with Crippen LogP contribution in [0.3, 0.4) is 0 Å². The molecule has 35 heavy (non-hydrogen) atoms. The third kappa shape index (κ3) is 9.61. The van der Waals surface area contributed by atoms with E-state index < -0.39 is 11.8 Å². The zero-order chi connectivity index (χ0) is 25.6. The minimum atomic E-state index is -0.815. The lowest BCUT2D eigenvalue weighted by atomic mass is 10.0. The van der Waals surface area contributed by atoms with E-state index in [2.05, 4.69) is 6.58 Å². The van der Waals surface area contributed by atoms with Crippen molar-refractivity contribution in [1.29, 1.82) is 0 Å². The minimum absolute atomic E-state index is 0.0624. The number of allylic oxidation sites excluding steroid dienone is 5. The summed E-state index contributed by atoms with van der Waals surface area (Å²) in [5, 5.41) is 8.84. The van der Waals surface area contributed by atoms with Gasteiger partial charge in [0.05, 0.1) is 18.8 Å². The first-order valence-electron chi connectivity index (χ1n) is 11.7. The van der Waals surface area contributed by atoms with Crippen molar-refractivity contribution < 1.29 is 28.6 Å². The number of benzene rings is 2. The van der Waals surface area contributed by atoms with Gasteiger partial charge in [0.2, 0.25) is 0 Å². The van der Waals surface area contributed by atoms with Crippen molar-refractivity contribution in [3.63, 3.8) is 0 Å². The summed E-state index contributed by atoms with van der Waals surface area (Å²) in [6.07, 6.45) is 7.36. The van der Waals surface area contributed by atoms with Crippen LogP contribution in [0, 0.1) is 6.92 Å². The summed E-state index contributed by atoms with van der Waals surface area (Å²) >= 11 is 0. The van der Waals surface area contributed by atoms with Gasteiger partial charge in [-0.2, -0.15) is 0 Å². The summed E-state index contributed by atoms with van der Waals surface area (Å²) in [6, 6.07) is 11.2. The van der Waals surface area contributed by atoms with Crippen LogP contribution >= 0.6 is 0 Å². The Morgan fingerprint density at radius 1 is 1.11 bits per heavy atom. The van der Waals surface area contributed by atoms with Gasteiger partial charge in [-0.3, -0.25) is 9.59 Å². The normalized spacial score (nSPS) is 11.5. The van der Waals surface area contributed by atoms with E-state index in [-0.39, 0.29) is 18.6 Å². The van der Waals surface area contributed by atoms with Gasteiger partial charge in [-0.1, -0.05) is 37.8 Å². The van der Waals surface area contributed by atoms with Crippen LogP contribution in [-0.2, 0) is 17.6 Å². The number of aliphatic carboxylic acids is 1. The summed E-state index contributed by atoms with van der Waals surface area (Å²) in [7, 11) is 0. The van der Waals surface area contributed by atoms with Crippen LogP contribution in [0.2, 0.25) is 0 Å². The molecule has 0 amide bonds. The Bertz CT molecular complexity index is 1080. The van der Waals surface area contributed by atoms with Crippen molar-refractivity contribution in [3.8, 4) is 11.5 Å². The Labute approximate surface area is 206 Å². The number of ether oxygens (including phenoxy) is 2. The van der Waals surface area contributed by atoms with Crippen molar-refractivity contribution in [1.82, 2.24) is 0 Å². The highest BCUT2D eigenvalue weighted by atomic mass is 19.1. The summed E-state index contributed by atoms with van der Waals surface area (Å²) in [5.74, 6) is -0.204. The first kappa shape index (κ1) is 27.6. The molecule has 6 heteroatoms. The number of carbonyl (C=O) groups is 2. The van der Waals surface area contributed by atoms with E-state index in [0.29, 0.717) is 43.1 Å². The van der Waals surface area contributed by atoms with Gasteiger partial charge in [-0.05, 0) is 72.9 Å². The molecule has 5 nitrogen and oxygen atoms in total. The van der Waals surface area contributed by atoms with Crippen molar-refractivity contribution in [2.45, 2.75) is 46.0 Å². The van der Waals surface area contributed by atoms with Crippen molar-refractivity contribution in [3.05, 3.63) is 95.4 Å². The number of carbonyl (C=O) groups excluding carboxylic acids is 1. The van der Waals surface area contributed by atoms with E-state index in [1.165, 1.54) is 24.3 Å². The second-order valence-electron chi connectivity index (χ2n) is 8.03. The Morgan fingerprint density at radius 2 is 1.89 bits per heavy atom. The molecule has 0 aliphatic heterocycles. The summed E-state index contributed by atoms with van der Waals surface area (Å²) in [5.41, 5.74) is 3.49. The minimum Gasteiger partial charge on any atom is -0.493 e. The molecule has 0 radical (unpaired) electrons. The van der Waals surface area contributed by atoms with Crippen LogP contribution in [0.4, 0.5) is 4.39 Å². The second kappa shape index (κ2) is 14.6. The highest BCUT2D eigenvalue weighted by Gasteiger charge is 2.13. The molecular weight excluding hydrogens is 447 g/mol. The molecule has 0 saturated carbocycles. The van der Waals surface area contributed by atoms with Crippen molar-refractivity contribution in [2.24, 2.45) is 0 Å². The molecule has 2 rings (SSSR count). The molecular formula is C29H33FO5. The zero-order valence-electron chi connectivity index (χ0n) is 20.4. The lowest BCUT2D eigenvalue weighted by molar-refractivity contribution is -0.136. The Balaban J connectivity index is 1.90. The third-order valence-electron chi connectivity index (χ3n) is 5.35. The standard InChI is InChI=1S/C29H33FO5/c1-4-8-24(30)9-6-10-27(31)26-20-22(5-2)11-15-28(26)35-18-7-17-34-25-14-12-23(21(3)19-25)13-16-29(32)33/h4,6,8-9,11-12,14-15,19-20H,1,5,7,10,13,16-18H2,2-3H3,(H,32,33)/b9-6-,24-8+. The molecule has 0 heterocycles. The van der Waals surface area contributed by atoms with Crippen LogP contribution in [-0.4, -0.2) is 30.1 Å². The number of halogens is 1. The fourth-order valence-corrected chi connectivity index (χ4v) is 3.41. The van der Waals surface area contributed by atoms with Gasteiger partial charge in [-0.15, -0.1) is 0 Å². The number of carboxylic acid groups (broad SMARTS) is 1. The van der Waals surface area contributed by atoms with E-state index in [4.69, 9.17) is 14.6 Å². The molecule has 0 fully saturated rings. The average molecular weight is 481 g/mol. The van der Waals surface area contributed by atoms with Gasteiger partial charge in [0.25, 0.3) is 0 Å². The second-order valence-corrected chi connectivity index (χ2v) is 8.03. The van der Waals surface area contributed by atoms with Crippen molar-refractivity contribution in [2.75, 3.05) is 13.2 Å². The van der Waals surface area contributed by atoms with E-state index in [1.807, 2.05) is 44.2 Å². The van der Waals surface area contributed by atoms with Crippen LogP contribution in [0.5, 0.6) is 11.5 Å². The number of hydrogen-bond donors (Lipinski definition) is 1. The third-order valence-corrected chi connectivity index (χ3v) is 5.35. The van der Waals surface area contributed by atoms with Gasteiger partial charge in [-0.25, -0.2) is 4.39 Å². The maximum absolute atomic E-state index is 13.5. The number of carboxylic acids is 1. The molecule has 0 saturated heterocycles. The monoisotopic (exact) mass is 480 g/mol. The molecule has 0 aliphatic rings. The number of aryl methyl sites for hydroxylation is 3. The highest BCUT2D eigenvalue weighted by molar-refractivity contribution is 5.99. The molecule has 0 unspecified atom stereocenters. The first-order chi connectivity index (χ1) is 16.8. The molecule has 2 aromatic rings. The predicted molar refractivity (Wildman–Crippen MR) is 136 cm³/mol. The summed E-state index contributed by atoms with van der Waals surface area (Å²) < 4.78 is 25.1. The zero-order valence-corrected chi connectivity index (χ0v) is 20.4. The van der Waals surface area contributed by atoms with Crippen molar-refractivity contribution >= 4 is 11.8 Å². The number of hydrogen-bond acceptors (Lipinski definition) is 4. The number of rotatable bonds is 15. The van der Waals surface area contributed by atoms with Crippen LogP contribution in [0.1, 0.15) is 53.2 Å². The maximum atomic E-state index is 13.5. The van der Waals surface area contributed by atoms with Crippen LogP contribution in [0.15, 0.2) is 73.1 Å². The molecule has 0 bridgehead atoms. The number of Topliss-reactive ketones (excluding diaryl/α,β-unsaturated/α-hetero) is 1. The van der Waals surface area contributed by atoms with Gasteiger partial charge < -0.3 is 14.6 Å². The number of ketones is 1. The largest absolute Gasteiger partial charge is 0.493 e. The molecule has 0 aromatic heterocycles. The van der Waals surface area contributed by atoms with E-state index in [1.54, 1.807) is 6.07 Å². The molecule has 0 atom stereocenters. The fourth-order valence-electron chi connectivity index (χ4n) is 3.41. The predicted octanol–water partition coefficient (Wildman–Crippen LogP) is 6.59. The molecule has 0 aliphatic carbocycles. The Kier molecular flexibility index (Phi) is 11.5. The average Bonchev–Trinajstić information content (AvgIpc) is 2.83. The quantitative estimate of drug-likeness (QED) is 0.177. The van der Waals surface area contributed by atoms with Gasteiger partial charge >= 0.3 is 5.97 Å². The molecule has 2 aromatic carbocycles. The smallest absolute Gasteiger partial charge is 0.303 e. The van der Waals surface area contributed by atoms with E-state index in [9.17, 15) is 14.0 Å². The maximum Gasteiger partial charge on any atom is 0.303 e. The van der Waals surface area contributed by atoms with Gasteiger partial charge in [0.1, 0.15) is 17.3 Å². The fraction of sp³-hybridized carbons (Fsp3) is 0.310. The lowest BCUT2D eigenvalue weighted by Crippen LogP contribution is -2.09. The lowest BCUT2D eigenvalue weighted by Gasteiger charge is -2.13. The van der Waals surface area contributed by atoms with Gasteiger partial charge in [0, 0.05) is 19.3 Å². The SMILES string of the molecule is C=C/C=C(F)\C=C/CC(=O)c1cc(CC)ccc1OCCCOc1ccc(CCC(=O)O)c(C)c1. The Morgan fingerprint density at radius 3 is 2.57 bits per heavy atom. The van der Waals surface area contributed by atoms with Crippen LogP contribution < -0.4 is 9.47 Å².